The molecule has 0 aliphatic heterocycles. The number of nitrogens with one attached hydrogen (secondary N) is 2. The lowest BCUT2D eigenvalue weighted by molar-refractivity contribution is -0.684. The molecule has 0 atom stereocenters. The second-order valence-electron chi connectivity index (χ2n) is 17.5. The van der Waals surface area contributed by atoms with Crippen LogP contribution in [-0.2, 0) is 0 Å². The molecule has 0 radical (unpaired) electrons. The Hall–Kier alpha value is -4.78. The largest absolute Gasteiger partial charge is 0.375 e. The van der Waals surface area contributed by atoms with Crippen LogP contribution in [0.5, 0.6) is 0 Å². The van der Waals surface area contributed by atoms with E-state index in [0.29, 0.717) is 0 Å². The van der Waals surface area contributed by atoms with Gasteiger partial charge in [0.25, 0.3) is 0 Å². The maximum atomic E-state index is 2.59. The first kappa shape index (κ1) is 48.3. The summed E-state index contributed by atoms with van der Waals surface area (Å²) in [6.45, 7) is 20.3. The van der Waals surface area contributed by atoms with E-state index in [1.807, 2.05) is 0 Å². The minimum atomic E-state index is 1.07. The fourth-order valence-corrected chi connectivity index (χ4v) is 8.43. The van der Waals surface area contributed by atoms with E-state index in [0.717, 1.165) is 39.3 Å². The molecule has 0 fully saturated rings. The molecule has 62 heavy (non-hydrogen) atoms. The molecule has 0 aliphatic carbocycles. The van der Waals surface area contributed by atoms with E-state index in [1.165, 1.54) is 144 Å². The Morgan fingerprint density at radius 3 is 0.694 bits per heavy atom. The molecule has 6 heteroatoms. The maximum absolute atomic E-state index is 2.59. The first-order chi connectivity index (χ1) is 30.3. The highest BCUT2D eigenvalue weighted by molar-refractivity contribution is 5.59. The number of hydrogen-bond acceptors (Lipinski definition) is 4. The third kappa shape index (κ3) is 13.6. The fraction of sp³-hybridized carbons (Fsp3) is 0.464. The molecule has 6 nitrogen and oxygen atoms in total. The molecular weight excluding hydrogens is 757 g/mol. The van der Waals surface area contributed by atoms with Gasteiger partial charge < -0.3 is 19.6 Å². The Morgan fingerprint density at radius 2 is 0.468 bits per heavy atom. The van der Waals surface area contributed by atoms with Gasteiger partial charge in [0.15, 0.2) is 0 Å². The molecule has 0 heterocycles. The third-order valence-electron chi connectivity index (χ3n) is 12.5. The zero-order valence-corrected chi connectivity index (χ0v) is 40.1. The van der Waals surface area contributed by atoms with Gasteiger partial charge in [0.2, 0.25) is 0 Å². The zero-order valence-electron chi connectivity index (χ0n) is 40.1. The van der Waals surface area contributed by atoms with Crippen molar-refractivity contribution in [2.24, 2.45) is 0 Å². The molecule has 0 amide bonds. The first-order valence-electron chi connectivity index (χ1n) is 24.5. The summed E-state index contributed by atoms with van der Waals surface area (Å²) >= 11 is 0. The summed E-state index contributed by atoms with van der Waals surface area (Å²) in [7, 11) is 4.42. The normalized spacial score (nSPS) is 11.4. The van der Waals surface area contributed by atoms with Gasteiger partial charge in [-0.15, -0.1) is 0 Å². The summed E-state index contributed by atoms with van der Waals surface area (Å²) in [5.41, 5.74) is 12.6. The van der Waals surface area contributed by atoms with Crippen molar-refractivity contribution in [1.82, 2.24) is 0 Å². The van der Waals surface area contributed by atoms with Crippen LogP contribution in [0.25, 0.3) is 0 Å². The number of benzene rings is 5. The average molecular weight is 839 g/mol. The van der Waals surface area contributed by atoms with E-state index in [2.05, 4.69) is 197 Å². The highest BCUT2D eigenvalue weighted by atomic mass is 15.2. The smallest absolute Gasteiger partial charge is 0.141 e. The van der Waals surface area contributed by atoms with Crippen LogP contribution in [0.1, 0.15) is 119 Å². The molecule has 0 spiro atoms. The SMILES string of the molecule is CCCCN(C)c1ccc([NH+](c2ccc(N(C)CCCC)cc2)c2ccc([NH+](c3ccc(N(CCCC)CCCC)cc3)c3ccc(N(CCCC)CCCC)cc3)cc2)cc1. The zero-order chi connectivity index (χ0) is 44.1. The van der Waals surface area contributed by atoms with Crippen molar-refractivity contribution in [3.63, 3.8) is 0 Å². The molecule has 0 unspecified atom stereocenters. The van der Waals surface area contributed by atoms with Crippen molar-refractivity contribution >= 4 is 56.9 Å². The second-order valence-corrected chi connectivity index (χ2v) is 17.5. The van der Waals surface area contributed by atoms with Crippen molar-refractivity contribution in [1.29, 1.82) is 0 Å². The van der Waals surface area contributed by atoms with Gasteiger partial charge in [0.05, 0.1) is 0 Å². The van der Waals surface area contributed by atoms with E-state index in [-0.39, 0.29) is 0 Å². The molecule has 5 rings (SSSR count). The van der Waals surface area contributed by atoms with Crippen LogP contribution in [0.2, 0.25) is 0 Å². The molecule has 0 saturated carbocycles. The minimum Gasteiger partial charge on any atom is -0.375 e. The number of hydrogen-bond donors (Lipinski definition) is 2. The predicted molar refractivity (Wildman–Crippen MR) is 273 cm³/mol. The molecule has 0 aromatic heterocycles. The van der Waals surface area contributed by atoms with Crippen molar-refractivity contribution in [2.75, 3.05) is 73.0 Å². The Balaban J connectivity index is 1.55. The van der Waals surface area contributed by atoms with E-state index < -0.39 is 0 Å². The average Bonchev–Trinajstić information content (AvgIpc) is 3.31. The molecule has 0 saturated heterocycles. The molecule has 5 aromatic carbocycles. The standard InChI is InChI=1S/C56H80N6/c1-9-15-41-57(7)47-21-29-51(30-22-47)61(52-31-23-48(24-32-52)58(8)42-16-10-2)55-37-39-56(40-38-55)62(53-33-25-49(26-34-53)59(43-17-11-3)44-18-12-4)54-35-27-50(28-36-54)60(45-19-13-5)46-20-14-6/h21-40H,9-20,41-46H2,1-8H3/p+2. The highest BCUT2D eigenvalue weighted by Crippen LogP contribution is 2.26. The molecule has 5 aromatic rings. The minimum absolute atomic E-state index is 1.07. The summed E-state index contributed by atoms with van der Waals surface area (Å²) in [5.74, 6) is 0. The van der Waals surface area contributed by atoms with Crippen molar-refractivity contribution in [3.8, 4) is 0 Å². The summed E-state index contributed by atoms with van der Waals surface area (Å²) in [6.07, 6.45) is 14.5. The Labute approximate surface area is 378 Å². The van der Waals surface area contributed by atoms with Gasteiger partial charge in [-0.2, -0.15) is 0 Å². The van der Waals surface area contributed by atoms with Crippen LogP contribution in [0.3, 0.4) is 0 Å². The van der Waals surface area contributed by atoms with Crippen molar-refractivity contribution in [2.45, 2.75) is 119 Å². The summed E-state index contributed by atoms with van der Waals surface area (Å²) in [6, 6.07) is 46.8. The van der Waals surface area contributed by atoms with Crippen LogP contribution in [-0.4, -0.2) is 53.4 Å². The lowest BCUT2D eigenvalue weighted by Crippen LogP contribution is -2.97. The maximum Gasteiger partial charge on any atom is 0.141 e. The summed E-state index contributed by atoms with van der Waals surface area (Å²) in [4.78, 5) is 12.5. The molecule has 0 bridgehead atoms. The van der Waals surface area contributed by atoms with Gasteiger partial charge >= 0.3 is 0 Å². The van der Waals surface area contributed by atoms with Gasteiger partial charge in [0.1, 0.15) is 34.1 Å². The lowest BCUT2D eigenvalue weighted by atomic mass is 10.1. The van der Waals surface area contributed by atoms with Crippen LogP contribution in [0.15, 0.2) is 121 Å². The van der Waals surface area contributed by atoms with Crippen molar-refractivity contribution in [3.05, 3.63) is 121 Å². The van der Waals surface area contributed by atoms with E-state index >= 15 is 0 Å². The number of rotatable bonds is 28. The number of anilines is 4. The Bertz CT molecular complexity index is 1800. The second kappa shape index (κ2) is 26.0. The summed E-state index contributed by atoms with van der Waals surface area (Å²) in [5, 5.41) is 0. The number of nitrogens with zero attached hydrogens (tertiary/aromatic N) is 4. The molecule has 0 aliphatic rings. The van der Waals surface area contributed by atoms with Gasteiger partial charge in [-0.1, -0.05) is 80.1 Å². The highest BCUT2D eigenvalue weighted by Gasteiger charge is 2.24. The topological polar surface area (TPSA) is 21.8 Å². The first-order valence-corrected chi connectivity index (χ1v) is 24.5. The van der Waals surface area contributed by atoms with Crippen LogP contribution < -0.4 is 29.4 Å². The van der Waals surface area contributed by atoms with Gasteiger partial charge in [0, 0.05) is 149 Å². The van der Waals surface area contributed by atoms with E-state index in [1.54, 1.807) is 0 Å². The van der Waals surface area contributed by atoms with Crippen LogP contribution in [0.4, 0.5) is 56.9 Å². The van der Waals surface area contributed by atoms with Gasteiger partial charge in [-0.05, 0) is 87.1 Å². The fourth-order valence-electron chi connectivity index (χ4n) is 8.43. The Morgan fingerprint density at radius 1 is 0.274 bits per heavy atom. The van der Waals surface area contributed by atoms with Crippen LogP contribution >= 0.6 is 0 Å². The van der Waals surface area contributed by atoms with Gasteiger partial charge in [-0.25, -0.2) is 9.80 Å². The number of unbranched alkanes of at least 4 members (excludes halogenated alkanes) is 6. The molecular formula is C56H82N6+2. The molecule has 334 valence electrons. The van der Waals surface area contributed by atoms with Crippen molar-refractivity contribution < 1.29 is 9.80 Å². The monoisotopic (exact) mass is 839 g/mol. The predicted octanol–water partition coefficient (Wildman–Crippen LogP) is 13.3. The number of quaternary nitrogens is 2. The van der Waals surface area contributed by atoms with Crippen LogP contribution in [0, 0.1) is 0 Å². The quantitative estimate of drug-likeness (QED) is 0.0523. The van der Waals surface area contributed by atoms with E-state index in [4.69, 9.17) is 0 Å². The van der Waals surface area contributed by atoms with E-state index in [9.17, 15) is 0 Å². The molecule has 2 N–H and O–H groups in total. The lowest BCUT2D eigenvalue weighted by Gasteiger charge is -2.27. The Kier molecular flexibility index (Phi) is 20.2. The van der Waals surface area contributed by atoms with Gasteiger partial charge in [-0.3, -0.25) is 0 Å². The third-order valence-corrected chi connectivity index (χ3v) is 12.5. The summed E-state index contributed by atoms with van der Waals surface area (Å²) < 4.78 is 0.